The quantitative estimate of drug-likeness (QED) is 0.574. The van der Waals surface area contributed by atoms with Crippen LogP contribution in [-0.2, 0) is 6.54 Å². The first-order valence-corrected chi connectivity index (χ1v) is 9.77. The van der Waals surface area contributed by atoms with Crippen LogP contribution in [0.1, 0.15) is 31.1 Å². The van der Waals surface area contributed by atoms with E-state index in [1.54, 1.807) is 25.1 Å². The van der Waals surface area contributed by atoms with E-state index in [4.69, 9.17) is 0 Å². The maximum Gasteiger partial charge on any atom is 0.328 e. The Balaban J connectivity index is 1.76. The molecule has 0 bridgehead atoms. The Morgan fingerprint density at radius 2 is 1.83 bits per heavy atom. The Hall–Kier alpha value is -3.35. The number of fused-ring (bicyclic) bond motifs is 1. The van der Waals surface area contributed by atoms with Crippen molar-refractivity contribution in [3.05, 3.63) is 74.9 Å². The summed E-state index contributed by atoms with van der Waals surface area (Å²) in [5.41, 5.74) is 0.916. The molecule has 152 valence electrons. The Bertz CT molecular complexity index is 1120. The van der Waals surface area contributed by atoms with E-state index < -0.39 is 5.69 Å². The average Bonchev–Trinajstić information content (AvgIpc) is 2.71. The molecule has 1 atom stereocenters. The fraction of sp³-hybridized carbons (Fsp3) is 0.318. The Labute approximate surface area is 168 Å². The smallest absolute Gasteiger partial charge is 0.328 e. The van der Waals surface area contributed by atoms with Crippen molar-refractivity contribution in [3.8, 4) is 0 Å². The van der Waals surface area contributed by atoms with Crippen LogP contribution < -0.4 is 21.9 Å². The van der Waals surface area contributed by atoms with Crippen LogP contribution in [0, 0.1) is 5.92 Å². The minimum atomic E-state index is -0.477. The second-order valence-corrected chi connectivity index (χ2v) is 7.31. The van der Waals surface area contributed by atoms with Crippen molar-refractivity contribution in [1.29, 1.82) is 0 Å². The van der Waals surface area contributed by atoms with E-state index in [0.717, 1.165) is 10.3 Å². The molecule has 0 aliphatic rings. The fourth-order valence-electron chi connectivity index (χ4n) is 3.19. The number of hydrogen-bond donors (Lipinski definition) is 3. The third-order valence-electron chi connectivity index (χ3n) is 4.97. The van der Waals surface area contributed by atoms with Crippen molar-refractivity contribution in [2.45, 2.75) is 33.4 Å². The van der Waals surface area contributed by atoms with Crippen LogP contribution in [0.2, 0.25) is 0 Å². The molecule has 0 radical (unpaired) electrons. The lowest BCUT2D eigenvalue weighted by Gasteiger charge is -2.24. The number of para-hydroxylation sites is 1. The number of aromatic amines is 1. The van der Waals surface area contributed by atoms with Gasteiger partial charge < -0.3 is 15.6 Å². The molecule has 0 saturated carbocycles. The summed E-state index contributed by atoms with van der Waals surface area (Å²) in [6, 6.07) is 14.6. The van der Waals surface area contributed by atoms with Gasteiger partial charge in [0.2, 0.25) is 0 Å². The van der Waals surface area contributed by atoms with Gasteiger partial charge in [-0.3, -0.25) is 14.2 Å². The van der Waals surface area contributed by atoms with Crippen LogP contribution >= 0.6 is 0 Å². The highest BCUT2D eigenvalue weighted by atomic mass is 16.2. The number of rotatable bonds is 7. The molecule has 7 nitrogen and oxygen atoms in total. The maximum absolute atomic E-state index is 12.6. The molecule has 1 unspecified atom stereocenters. The van der Waals surface area contributed by atoms with Gasteiger partial charge in [0.15, 0.2) is 0 Å². The summed E-state index contributed by atoms with van der Waals surface area (Å²) < 4.78 is 1.13. The van der Waals surface area contributed by atoms with Crippen molar-refractivity contribution in [3.63, 3.8) is 0 Å². The topological polar surface area (TPSA) is 96.0 Å². The first kappa shape index (κ1) is 20.4. The van der Waals surface area contributed by atoms with Gasteiger partial charge in [-0.2, -0.15) is 0 Å². The van der Waals surface area contributed by atoms with E-state index in [0.29, 0.717) is 28.9 Å². The SMILES string of the molecule is CCn1c(=O)[nH]c2cc(C(=O)NCC(Nc3ccccc3)C(C)C)ccc2c1=O. The van der Waals surface area contributed by atoms with E-state index in [-0.39, 0.29) is 24.1 Å². The van der Waals surface area contributed by atoms with Crippen molar-refractivity contribution < 1.29 is 4.79 Å². The molecule has 0 fully saturated rings. The highest BCUT2D eigenvalue weighted by Gasteiger charge is 2.16. The first-order valence-electron chi connectivity index (χ1n) is 9.77. The predicted octanol–water partition coefficient (Wildman–Crippen LogP) is 2.58. The van der Waals surface area contributed by atoms with Crippen molar-refractivity contribution in [1.82, 2.24) is 14.9 Å². The van der Waals surface area contributed by atoms with Gasteiger partial charge in [0.05, 0.1) is 10.9 Å². The lowest BCUT2D eigenvalue weighted by Crippen LogP contribution is -2.39. The summed E-state index contributed by atoms with van der Waals surface area (Å²) in [4.78, 5) is 39.7. The van der Waals surface area contributed by atoms with Crippen LogP contribution in [0.3, 0.4) is 0 Å². The Morgan fingerprint density at radius 3 is 2.48 bits per heavy atom. The largest absolute Gasteiger partial charge is 0.380 e. The van der Waals surface area contributed by atoms with Gasteiger partial charge in [0.25, 0.3) is 11.5 Å². The maximum atomic E-state index is 12.6. The minimum Gasteiger partial charge on any atom is -0.380 e. The van der Waals surface area contributed by atoms with E-state index in [1.165, 1.54) is 0 Å². The van der Waals surface area contributed by atoms with Crippen LogP contribution in [0.25, 0.3) is 10.9 Å². The van der Waals surface area contributed by atoms with Crippen molar-refractivity contribution in [2.75, 3.05) is 11.9 Å². The van der Waals surface area contributed by atoms with Gasteiger partial charge in [-0.1, -0.05) is 32.0 Å². The summed E-state index contributed by atoms with van der Waals surface area (Å²) in [5, 5.41) is 6.76. The lowest BCUT2D eigenvalue weighted by molar-refractivity contribution is 0.0950. The molecule has 1 heterocycles. The molecule has 0 saturated heterocycles. The van der Waals surface area contributed by atoms with Crippen LogP contribution in [0.15, 0.2) is 58.1 Å². The first-order chi connectivity index (χ1) is 13.9. The van der Waals surface area contributed by atoms with E-state index >= 15 is 0 Å². The number of carbonyl (C=O) groups excluding carboxylic acids is 1. The molecular weight excluding hydrogens is 368 g/mol. The van der Waals surface area contributed by atoms with Gasteiger partial charge in [-0.05, 0) is 43.2 Å². The third kappa shape index (κ3) is 4.56. The summed E-state index contributed by atoms with van der Waals surface area (Å²) in [5.74, 6) is 0.0453. The van der Waals surface area contributed by atoms with Crippen molar-refractivity contribution >= 4 is 22.5 Å². The monoisotopic (exact) mass is 394 g/mol. The number of aromatic nitrogens is 2. The van der Waals surface area contributed by atoms with E-state index in [9.17, 15) is 14.4 Å². The number of nitrogens with zero attached hydrogens (tertiary/aromatic N) is 1. The highest BCUT2D eigenvalue weighted by Crippen LogP contribution is 2.13. The Kier molecular flexibility index (Phi) is 6.16. The number of nitrogens with one attached hydrogen (secondary N) is 3. The molecule has 3 N–H and O–H groups in total. The molecule has 3 rings (SSSR count). The molecule has 0 spiro atoms. The van der Waals surface area contributed by atoms with E-state index in [2.05, 4.69) is 29.5 Å². The Morgan fingerprint density at radius 1 is 1.10 bits per heavy atom. The summed E-state index contributed by atoms with van der Waals surface area (Å²) in [6.45, 7) is 6.65. The zero-order valence-electron chi connectivity index (χ0n) is 16.9. The molecule has 0 aliphatic heterocycles. The van der Waals surface area contributed by atoms with Crippen LogP contribution in [0.5, 0.6) is 0 Å². The van der Waals surface area contributed by atoms with E-state index in [1.807, 2.05) is 30.3 Å². The van der Waals surface area contributed by atoms with Gasteiger partial charge in [0.1, 0.15) is 0 Å². The highest BCUT2D eigenvalue weighted by molar-refractivity contribution is 5.97. The van der Waals surface area contributed by atoms with Gasteiger partial charge >= 0.3 is 5.69 Å². The zero-order chi connectivity index (χ0) is 21.0. The number of benzene rings is 2. The van der Waals surface area contributed by atoms with Gasteiger partial charge in [-0.15, -0.1) is 0 Å². The van der Waals surface area contributed by atoms with Gasteiger partial charge in [-0.25, -0.2) is 4.79 Å². The molecule has 1 aromatic heterocycles. The predicted molar refractivity (Wildman–Crippen MR) is 116 cm³/mol. The minimum absolute atomic E-state index is 0.0540. The second kappa shape index (κ2) is 8.77. The molecule has 29 heavy (non-hydrogen) atoms. The van der Waals surface area contributed by atoms with Crippen molar-refractivity contribution in [2.24, 2.45) is 5.92 Å². The van der Waals surface area contributed by atoms with Crippen LogP contribution in [0.4, 0.5) is 5.69 Å². The molecule has 0 aliphatic carbocycles. The number of anilines is 1. The summed E-state index contributed by atoms with van der Waals surface area (Å²) in [6.07, 6.45) is 0. The number of H-pyrrole nitrogens is 1. The third-order valence-corrected chi connectivity index (χ3v) is 4.97. The standard InChI is InChI=1S/C22H26N4O3/c1-4-26-21(28)17-11-10-15(12-18(17)25-22(26)29)20(27)23-13-19(14(2)3)24-16-8-6-5-7-9-16/h5-12,14,19,24H,4,13H2,1-3H3,(H,23,27)(H,25,29). The van der Waals surface area contributed by atoms with Gasteiger partial charge in [0, 0.05) is 30.4 Å². The number of carbonyl (C=O) groups is 1. The fourth-order valence-corrected chi connectivity index (χ4v) is 3.19. The molecule has 2 aromatic carbocycles. The summed E-state index contributed by atoms with van der Waals surface area (Å²) >= 11 is 0. The zero-order valence-corrected chi connectivity index (χ0v) is 16.9. The number of hydrogen-bond acceptors (Lipinski definition) is 4. The molecule has 1 amide bonds. The molecule has 7 heteroatoms. The molecule has 3 aromatic rings. The van der Waals surface area contributed by atoms with Crippen LogP contribution in [-0.4, -0.2) is 28.0 Å². The second-order valence-electron chi connectivity index (χ2n) is 7.31. The normalized spacial score (nSPS) is 12.1. The lowest BCUT2D eigenvalue weighted by atomic mass is 10.0. The number of amides is 1. The molecular formula is C22H26N4O3. The summed E-state index contributed by atoms with van der Waals surface area (Å²) in [7, 11) is 0. The average molecular weight is 394 g/mol.